The molecule has 2 aromatic rings. The molecular formula is C18H16. The highest BCUT2D eigenvalue weighted by Crippen LogP contribution is 2.49. The van der Waals surface area contributed by atoms with Crippen molar-refractivity contribution in [1.29, 1.82) is 0 Å². The third-order valence-corrected chi connectivity index (χ3v) is 4.39. The Bertz CT molecular complexity index is 689. The van der Waals surface area contributed by atoms with Crippen LogP contribution in [0.3, 0.4) is 0 Å². The minimum atomic E-state index is 0.499. The highest BCUT2D eigenvalue weighted by Gasteiger charge is 2.31. The molecule has 1 atom stereocenters. The van der Waals surface area contributed by atoms with Crippen LogP contribution in [0.15, 0.2) is 42.5 Å². The summed E-state index contributed by atoms with van der Waals surface area (Å²) in [4.78, 5) is 0. The van der Waals surface area contributed by atoms with Crippen molar-refractivity contribution in [2.45, 2.75) is 26.2 Å². The van der Waals surface area contributed by atoms with Crippen molar-refractivity contribution in [1.82, 2.24) is 0 Å². The largest absolute Gasteiger partial charge is 0.0832 e. The van der Waals surface area contributed by atoms with Crippen molar-refractivity contribution in [2.24, 2.45) is 0 Å². The van der Waals surface area contributed by atoms with Crippen LogP contribution in [0.25, 0.3) is 11.1 Å². The first kappa shape index (κ1) is 10.1. The molecule has 18 heavy (non-hydrogen) atoms. The highest BCUT2D eigenvalue weighted by atomic mass is 14.3. The Balaban J connectivity index is 2.11. The monoisotopic (exact) mass is 232 g/mol. The molecule has 88 valence electrons. The van der Waals surface area contributed by atoms with Gasteiger partial charge in [-0.3, -0.25) is 0 Å². The molecule has 0 bridgehead atoms. The SMILES string of the molecule is Cc1ccc2c(c1)C1C=CCc3c(C)ccc-2c31. The van der Waals surface area contributed by atoms with Crippen LogP contribution < -0.4 is 0 Å². The van der Waals surface area contributed by atoms with Gasteiger partial charge in [0.1, 0.15) is 0 Å². The number of aryl methyl sites for hydroxylation is 2. The van der Waals surface area contributed by atoms with Crippen LogP contribution in [0.2, 0.25) is 0 Å². The van der Waals surface area contributed by atoms with Gasteiger partial charge >= 0.3 is 0 Å². The number of rotatable bonds is 0. The maximum Gasteiger partial charge on any atom is 0.0285 e. The molecule has 0 aromatic heterocycles. The van der Waals surface area contributed by atoms with Crippen molar-refractivity contribution in [2.75, 3.05) is 0 Å². The zero-order chi connectivity index (χ0) is 12.3. The molecule has 2 aliphatic rings. The van der Waals surface area contributed by atoms with E-state index in [1.54, 1.807) is 11.1 Å². The smallest absolute Gasteiger partial charge is 0.0285 e. The lowest BCUT2D eigenvalue weighted by atomic mass is 9.85. The lowest BCUT2D eigenvalue weighted by molar-refractivity contribution is 0.975. The number of benzene rings is 2. The molecule has 0 heterocycles. The summed E-state index contributed by atoms with van der Waals surface area (Å²) in [5.41, 5.74) is 10.3. The van der Waals surface area contributed by atoms with Gasteiger partial charge in [0, 0.05) is 5.92 Å². The Morgan fingerprint density at radius 1 is 1.00 bits per heavy atom. The number of fused-ring (bicyclic) bond motifs is 3. The first-order chi connectivity index (χ1) is 8.75. The Morgan fingerprint density at radius 3 is 2.72 bits per heavy atom. The van der Waals surface area contributed by atoms with Crippen LogP contribution in [0.1, 0.15) is 33.7 Å². The zero-order valence-corrected chi connectivity index (χ0v) is 10.8. The molecule has 0 N–H and O–H groups in total. The summed E-state index contributed by atoms with van der Waals surface area (Å²) in [5.74, 6) is 0.499. The van der Waals surface area contributed by atoms with Crippen LogP contribution in [0.5, 0.6) is 0 Å². The fraction of sp³-hybridized carbons (Fsp3) is 0.222. The Labute approximate surface area is 108 Å². The van der Waals surface area contributed by atoms with E-state index in [4.69, 9.17) is 0 Å². The molecule has 1 unspecified atom stereocenters. The molecule has 0 aliphatic heterocycles. The lowest BCUT2D eigenvalue weighted by Crippen LogP contribution is -2.04. The number of hydrogen-bond donors (Lipinski definition) is 0. The molecule has 0 radical (unpaired) electrons. The van der Waals surface area contributed by atoms with Gasteiger partial charge in [0.25, 0.3) is 0 Å². The first-order valence-corrected chi connectivity index (χ1v) is 6.65. The minimum Gasteiger partial charge on any atom is -0.0832 e. The summed E-state index contributed by atoms with van der Waals surface area (Å²) < 4.78 is 0. The summed E-state index contributed by atoms with van der Waals surface area (Å²) in [5, 5.41) is 0. The standard InChI is InChI=1S/C18H16/c1-11-6-8-14-16-9-7-12(2)13-4-3-5-15(18(13)16)17(14)10-11/h3,5-10,15H,4H2,1-2H3. The van der Waals surface area contributed by atoms with E-state index >= 15 is 0 Å². The van der Waals surface area contributed by atoms with Crippen LogP contribution in [-0.2, 0) is 6.42 Å². The van der Waals surface area contributed by atoms with Gasteiger partial charge in [-0.05, 0) is 53.6 Å². The van der Waals surface area contributed by atoms with Gasteiger partial charge in [-0.25, -0.2) is 0 Å². The van der Waals surface area contributed by atoms with Crippen molar-refractivity contribution < 1.29 is 0 Å². The first-order valence-electron chi connectivity index (χ1n) is 6.65. The second kappa shape index (κ2) is 3.35. The average Bonchev–Trinajstić information content (AvgIpc) is 2.69. The predicted molar refractivity (Wildman–Crippen MR) is 76.0 cm³/mol. The Morgan fingerprint density at radius 2 is 1.83 bits per heavy atom. The molecule has 4 rings (SSSR count). The van der Waals surface area contributed by atoms with Crippen molar-refractivity contribution >= 4 is 0 Å². The molecule has 2 aromatic carbocycles. The van der Waals surface area contributed by atoms with Crippen molar-refractivity contribution in [3.63, 3.8) is 0 Å². The van der Waals surface area contributed by atoms with Crippen LogP contribution in [0.4, 0.5) is 0 Å². The fourth-order valence-corrected chi connectivity index (χ4v) is 3.50. The van der Waals surface area contributed by atoms with Crippen molar-refractivity contribution in [3.05, 3.63) is 70.3 Å². The second-order valence-electron chi connectivity index (χ2n) is 5.52. The van der Waals surface area contributed by atoms with E-state index in [1.165, 1.54) is 27.8 Å². The predicted octanol–water partition coefficient (Wildman–Crippen LogP) is 4.53. The fourth-order valence-electron chi connectivity index (χ4n) is 3.50. The summed E-state index contributed by atoms with van der Waals surface area (Å²) in [6, 6.07) is 11.5. The minimum absolute atomic E-state index is 0.499. The third-order valence-electron chi connectivity index (χ3n) is 4.39. The van der Waals surface area contributed by atoms with Crippen LogP contribution >= 0.6 is 0 Å². The van der Waals surface area contributed by atoms with Crippen LogP contribution in [0, 0.1) is 13.8 Å². The van der Waals surface area contributed by atoms with E-state index in [2.05, 4.69) is 56.3 Å². The molecule has 2 aliphatic carbocycles. The van der Waals surface area contributed by atoms with Gasteiger partial charge < -0.3 is 0 Å². The van der Waals surface area contributed by atoms with Gasteiger partial charge in [0.15, 0.2) is 0 Å². The summed E-state index contributed by atoms with van der Waals surface area (Å²) >= 11 is 0. The number of hydrogen-bond acceptors (Lipinski definition) is 0. The normalized spacial score (nSPS) is 18.7. The maximum atomic E-state index is 2.39. The Kier molecular flexibility index (Phi) is 1.89. The van der Waals surface area contributed by atoms with Crippen molar-refractivity contribution in [3.8, 4) is 11.1 Å². The van der Waals surface area contributed by atoms with E-state index in [9.17, 15) is 0 Å². The van der Waals surface area contributed by atoms with Gasteiger partial charge in [-0.1, -0.05) is 48.0 Å². The van der Waals surface area contributed by atoms with Gasteiger partial charge in [0.05, 0.1) is 0 Å². The summed E-state index contributed by atoms with van der Waals surface area (Å²) in [7, 11) is 0. The maximum absolute atomic E-state index is 2.39. The third kappa shape index (κ3) is 1.16. The molecular weight excluding hydrogens is 216 g/mol. The Hall–Kier alpha value is -1.82. The van der Waals surface area contributed by atoms with Gasteiger partial charge in [-0.15, -0.1) is 0 Å². The molecule has 0 heteroatoms. The van der Waals surface area contributed by atoms with E-state index in [1.807, 2.05) is 0 Å². The molecule has 0 amide bonds. The highest BCUT2D eigenvalue weighted by molar-refractivity contribution is 5.82. The molecule has 0 saturated heterocycles. The van der Waals surface area contributed by atoms with E-state index < -0.39 is 0 Å². The van der Waals surface area contributed by atoms with Gasteiger partial charge in [-0.2, -0.15) is 0 Å². The quantitative estimate of drug-likeness (QED) is 0.585. The molecule has 0 saturated carbocycles. The zero-order valence-electron chi connectivity index (χ0n) is 10.8. The molecule has 0 fully saturated rings. The average molecular weight is 232 g/mol. The van der Waals surface area contributed by atoms with Crippen LogP contribution in [-0.4, -0.2) is 0 Å². The van der Waals surface area contributed by atoms with Gasteiger partial charge in [0.2, 0.25) is 0 Å². The number of allylic oxidation sites excluding steroid dienone is 2. The summed E-state index contributed by atoms with van der Waals surface area (Å²) in [6.45, 7) is 4.42. The topological polar surface area (TPSA) is 0 Å². The summed E-state index contributed by atoms with van der Waals surface area (Å²) in [6.07, 6.45) is 5.82. The second-order valence-corrected chi connectivity index (χ2v) is 5.52. The van der Waals surface area contributed by atoms with E-state index in [-0.39, 0.29) is 0 Å². The molecule has 0 nitrogen and oxygen atoms in total. The lowest BCUT2D eigenvalue weighted by Gasteiger charge is -2.19. The van der Waals surface area contributed by atoms with E-state index in [0.29, 0.717) is 5.92 Å². The van der Waals surface area contributed by atoms with E-state index in [0.717, 1.165) is 6.42 Å². The molecule has 0 spiro atoms.